The Hall–Kier alpha value is -1.67. The Bertz CT molecular complexity index is 457. The molecule has 9 heteroatoms. The standard InChI is InChI=1S/C12H15F5O4/c1-10(2,3)7(9(20)21)6(8(18)19)4-5-11(13,14)12(15,16)17/h4-5H2,1-3H3,(H,18,19)(H,20,21)/p-2/b7-6-. The molecule has 0 aliphatic rings. The molecule has 0 aliphatic carbocycles. The monoisotopic (exact) mass is 316 g/mol. The van der Waals surface area contributed by atoms with Gasteiger partial charge in [-0.2, -0.15) is 22.0 Å². The molecule has 0 aromatic carbocycles. The van der Waals surface area contributed by atoms with Crippen LogP contribution < -0.4 is 10.2 Å². The number of rotatable bonds is 5. The lowest BCUT2D eigenvalue weighted by molar-refractivity contribution is -0.305. The van der Waals surface area contributed by atoms with E-state index in [0.29, 0.717) is 0 Å². The van der Waals surface area contributed by atoms with Crippen LogP contribution in [0.3, 0.4) is 0 Å². The number of hydrogen-bond acceptors (Lipinski definition) is 4. The fourth-order valence-corrected chi connectivity index (χ4v) is 1.63. The van der Waals surface area contributed by atoms with Crippen LogP contribution in [0.4, 0.5) is 22.0 Å². The molecule has 0 bridgehead atoms. The summed E-state index contributed by atoms with van der Waals surface area (Å²) in [6.45, 7) is 3.76. The van der Waals surface area contributed by atoms with Crippen molar-refractivity contribution in [2.24, 2.45) is 5.41 Å². The molecule has 0 aromatic heterocycles. The zero-order valence-electron chi connectivity index (χ0n) is 11.4. The second-order valence-electron chi connectivity index (χ2n) is 5.38. The summed E-state index contributed by atoms with van der Waals surface area (Å²) < 4.78 is 61.6. The number of halogens is 5. The maximum absolute atomic E-state index is 12.8. The summed E-state index contributed by atoms with van der Waals surface area (Å²) in [6.07, 6.45) is -9.06. The van der Waals surface area contributed by atoms with Crippen LogP contribution >= 0.6 is 0 Å². The van der Waals surface area contributed by atoms with Crippen LogP contribution in [0, 0.1) is 5.41 Å². The molecule has 0 heterocycles. The van der Waals surface area contributed by atoms with Crippen LogP contribution in [0.1, 0.15) is 33.6 Å². The lowest BCUT2D eigenvalue weighted by atomic mass is 9.82. The van der Waals surface area contributed by atoms with E-state index in [2.05, 4.69) is 0 Å². The molecule has 0 saturated heterocycles. The number of carbonyl (C=O) groups is 2. The third-order valence-corrected chi connectivity index (χ3v) is 2.61. The highest BCUT2D eigenvalue weighted by Crippen LogP contribution is 2.40. The van der Waals surface area contributed by atoms with Crippen molar-refractivity contribution >= 4 is 11.9 Å². The molecule has 21 heavy (non-hydrogen) atoms. The quantitative estimate of drug-likeness (QED) is 0.555. The Morgan fingerprint density at radius 3 is 1.57 bits per heavy atom. The Morgan fingerprint density at radius 1 is 0.905 bits per heavy atom. The average molecular weight is 316 g/mol. The van der Waals surface area contributed by atoms with Gasteiger partial charge in [-0.25, -0.2) is 0 Å². The summed E-state index contributed by atoms with van der Waals surface area (Å²) in [5, 5.41) is 21.8. The summed E-state index contributed by atoms with van der Waals surface area (Å²) in [5.74, 6) is -9.22. The summed E-state index contributed by atoms with van der Waals surface area (Å²) in [4.78, 5) is 21.8. The van der Waals surface area contributed by atoms with Gasteiger partial charge in [0.05, 0.1) is 11.9 Å². The van der Waals surface area contributed by atoms with Crippen molar-refractivity contribution in [1.29, 1.82) is 0 Å². The van der Waals surface area contributed by atoms with Crippen molar-refractivity contribution in [3.05, 3.63) is 11.1 Å². The highest BCUT2D eigenvalue weighted by atomic mass is 19.4. The predicted molar refractivity (Wildman–Crippen MR) is 56.7 cm³/mol. The molecule has 0 rings (SSSR count). The maximum Gasteiger partial charge on any atom is 0.453 e. The predicted octanol–water partition coefficient (Wildman–Crippen LogP) is 0.807. The van der Waals surface area contributed by atoms with Crippen molar-refractivity contribution in [3.63, 3.8) is 0 Å². The summed E-state index contributed by atoms with van der Waals surface area (Å²) in [6, 6.07) is 0. The zero-order chi connectivity index (χ0) is 17.2. The van der Waals surface area contributed by atoms with Gasteiger partial charge in [0.25, 0.3) is 0 Å². The van der Waals surface area contributed by atoms with Crippen molar-refractivity contribution in [3.8, 4) is 0 Å². The molecular weight excluding hydrogens is 303 g/mol. The highest BCUT2D eigenvalue weighted by molar-refractivity contribution is 5.98. The summed E-state index contributed by atoms with van der Waals surface area (Å²) in [7, 11) is 0. The van der Waals surface area contributed by atoms with Crippen LogP contribution in [0.2, 0.25) is 0 Å². The number of aliphatic carboxylic acids is 2. The SMILES string of the molecule is CC(C)(C)/C(C(=O)[O-])=C(/CCC(F)(F)C(F)(F)F)C(=O)[O-]. The largest absolute Gasteiger partial charge is 0.545 e. The average Bonchev–Trinajstić information content (AvgIpc) is 2.18. The van der Waals surface area contributed by atoms with Crippen LogP contribution in [0.25, 0.3) is 0 Å². The molecule has 0 aliphatic heterocycles. The van der Waals surface area contributed by atoms with E-state index in [4.69, 9.17) is 0 Å². The van der Waals surface area contributed by atoms with Crippen molar-refractivity contribution in [2.45, 2.75) is 45.7 Å². The van der Waals surface area contributed by atoms with Gasteiger partial charge in [0.1, 0.15) is 0 Å². The molecular formula is C12H13F5O4-2. The minimum Gasteiger partial charge on any atom is -0.545 e. The topological polar surface area (TPSA) is 80.3 Å². The fraction of sp³-hybridized carbons (Fsp3) is 0.667. The molecule has 0 unspecified atom stereocenters. The van der Waals surface area contributed by atoms with E-state index in [1.807, 2.05) is 0 Å². The first-order chi connectivity index (χ1) is 9.11. The van der Waals surface area contributed by atoms with Gasteiger partial charge in [0, 0.05) is 6.42 Å². The van der Waals surface area contributed by atoms with E-state index in [-0.39, 0.29) is 0 Å². The number of alkyl halides is 5. The number of carboxylic acids is 2. The minimum absolute atomic E-state index is 0.875. The van der Waals surface area contributed by atoms with Crippen LogP contribution in [0.15, 0.2) is 11.1 Å². The minimum atomic E-state index is -5.85. The van der Waals surface area contributed by atoms with Gasteiger partial charge in [0.2, 0.25) is 0 Å². The van der Waals surface area contributed by atoms with Gasteiger partial charge in [-0.1, -0.05) is 20.8 Å². The van der Waals surface area contributed by atoms with Crippen molar-refractivity contribution in [1.82, 2.24) is 0 Å². The van der Waals surface area contributed by atoms with E-state index in [0.717, 1.165) is 0 Å². The van der Waals surface area contributed by atoms with Crippen molar-refractivity contribution in [2.75, 3.05) is 0 Å². The van der Waals surface area contributed by atoms with E-state index in [1.165, 1.54) is 20.8 Å². The Morgan fingerprint density at radius 2 is 1.33 bits per heavy atom. The van der Waals surface area contributed by atoms with E-state index >= 15 is 0 Å². The smallest absolute Gasteiger partial charge is 0.453 e. The summed E-state index contributed by atoms with van der Waals surface area (Å²) in [5.41, 5.74) is -3.34. The third kappa shape index (κ3) is 4.98. The van der Waals surface area contributed by atoms with Gasteiger partial charge in [0.15, 0.2) is 0 Å². The zero-order valence-corrected chi connectivity index (χ0v) is 11.4. The first-order valence-electron chi connectivity index (χ1n) is 5.72. The summed E-state index contributed by atoms with van der Waals surface area (Å²) >= 11 is 0. The molecule has 0 saturated carbocycles. The number of hydrogen-bond donors (Lipinski definition) is 0. The van der Waals surface area contributed by atoms with Gasteiger partial charge >= 0.3 is 12.1 Å². The maximum atomic E-state index is 12.8. The third-order valence-electron chi connectivity index (χ3n) is 2.61. The van der Waals surface area contributed by atoms with E-state index in [1.54, 1.807) is 0 Å². The molecule has 0 aromatic rings. The van der Waals surface area contributed by atoms with E-state index in [9.17, 15) is 41.8 Å². The van der Waals surface area contributed by atoms with Gasteiger partial charge in [-0.05, 0) is 23.0 Å². The van der Waals surface area contributed by atoms with Crippen molar-refractivity contribution < 1.29 is 41.8 Å². The Kier molecular flexibility index (Phi) is 5.51. The Labute approximate surface area is 117 Å². The van der Waals surface area contributed by atoms with E-state index < -0.39 is 53.4 Å². The molecule has 0 N–H and O–H groups in total. The fourth-order valence-electron chi connectivity index (χ4n) is 1.63. The molecule has 4 nitrogen and oxygen atoms in total. The number of carbonyl (C=O) groups excluding carboxylic acids is 2. The lowest BCUT2D eigenvalue weighted by Crippen LogP contribution is -2.39. The van der Waals surface area contributed by atoms with Crippen LogP contribution in [-0.4, -0.2) is 24.0 Å². The van der Waals surface area contributed by atoms with Gasteiger partial charge in [-0.3, -0.25) is 0 Å². The second kappa shape index (κ2) is 5.98. The van der Waals surface area contributed by atoms with Gasteiger partial charge in [-0.15, -0.1) is 0 Å². The molecule has 0 amide bonds. The Balaban J connectivity index is 5.65. The molecule has 0 atom stereocenters. The number of carboxylic acid groups (broad SMARTS) is 2. The second-order valence-corrected chi connectivity index (χ2v) is 5.38. The molecule has 0 fully saturated rings. The van der Waals surface area contributed by atoms with Gasteiger partial charge < -0.3 is 19.8 Å². The highest BCUT2D eigenvalue weighted by Gasteiger charge is 2.56. The van der Waals surface area contributed by atoms with Crippen LogP contribution in [-0.2, 0) is 9.59 Å². The molecule has 0 spiro atoms. The van der Waals surface area contributed by atoms with Crippen LogP contribution in [0.5, 0.6) is 0 Å². The molecule has 122 valence electrons. The first kappa shape index (κ1) is 19.3. The molecule has 0 radical (unpaired) electrons. The normalized spacial score (nSPS) is 14.7. The first-order valence-corrected chi connectivity index (χ1v) is 5.72. The lowest BCUT2D eigenvalue weighted by Gasteiger charge is -2.29.